The van der Waals surface area contributed by atoms with Gasteiger partial charge in [0, 0.05) is 0 Å². The second kappa shape index (κ2) is 8.99. The molecule has 2 aromatic carbocycles. The van der Waals surface area contributed by atoms with Gasteiger partial charge in [0.1, 0.15) is 11.5 Å². The van der Waals surface area contributed by atoms with E-state index in [1.54, 1.807) is 0 Å². The smallest absolute Gasteiger partial charge is 0.123 e. The van der Waals surface area contributed by atoms with E-state index in [1.165, 1.54) is 0 Å². The van der Waals surface area contributed by atoms with Crippen molar-refractivity contribution < 1.29 is 10.2 Å². The molecule has 0 spiro atoms. The van der Waals surface area contributed by atoms with Gasteiger partial charge in [0.05, 0.1) is 5.92 Å². The van der Waals surface area contributed by atoms with Crippen LogP contribution in [0.2, 0.25) is 0 Å². The third-order valence-electron chi connectivity index (χ3n) is 6.45. The van der Waals surface area contributed by atoms with E-state index in [-0.39, 0.29) is 27.6 Å². The molecule has 0 saturated carbocycles. The van der Waals surface area contributed by atoms with E-state index in [2.05, 4.69) is 119 Å². The summed E-state index contributed by atoms with van der Waals surface area (Å²) in [5.41, 5.74) is 5.02. The van der Waals surface area contributed by atoms with Gasteiger partial charge in [-0.15, -0.1) is 5.92 Å². The van der Waals surface area contributed by atoms with Gasteiger partial charge in [-0.05, 0) is 86.2 Å². The van der Waals surface area contributed by atoms with Crippen molar-refractivity contribution in [3.63, 3.8) is 0 Å². The van der Waals surface area contributed by atoms with Crippen LogP contribution in [0.1, 0.15) is 129 Å². The zero-order valence-electron chi connectivity index (χ0n) is 23.8. The number of hydrogen-bond acceptors (Lipinski definition) is 2. The molecule has 0 aliphatic carbocycles. The van der Waals surface area contributed by atoms with E-state index < -0.39 is 0 Å². The number of phenols is 2. The third-order valence-corrected chi connectivity index (χ3v) is 6.45. The highest BCUT2D eigenvalue weighted by Crippen LogP contribution is 2.45. The van der Waals surface area contributed by atoms with Crippen LogP contribution in [0.15, 0.2) is 24.3 Å². The lowest BCUT2D eigenvalue weighted by Gasteiger charge is -2.31. The van der Waals surface area contributed by atoms with Crippen molar-refractivity contribution in [3.05, 3.63) is 57.6 Å². The highest BCUT2D eigenvalue weighted by atomic mass is 16.3. The van der Waals surface area contributed by atoms with E-state index in [0.29, 0.717) is 11.5 Å². The molecule has 0 aromatic heterocycles. The maximum Gasteiger partial charge on any atom is 0.123 e. The van der Waals surface area contributed by atoms with Crippen LogP contribution >= 0.6 is 0 Å². The molecular weight excluding hydrogens is 416 g/mol. The topological polar surface area (TPSA) is 40.5 Å². The lowest BCUT2D eigenvalue weighted by atomic mass is 9.74. The minimum Gasteiger partial charge on any atom is -0.507 e. The normalized spacial score (nSPS) is 13.1. The molecule has 0 bridgehead atoms. The van der Waals surface area contributed by atoms with Crippen molar-refractivity contribution in [2.45, 2.75) is 118 Å². The van der Waals surface area contributed by atoms with E-state index in [1.807, 2.05) is 6.92 Å². The number of benzene rings is 2. The lowest BCUT2D eigenvalue weighted by molar-refractivity contribution is 0.422. The molecule has 0 aliphatic heterocycles. The Balaban J connectivity index is 2.99. The molecule has 2 nitrogen and oxygen atoms in total. The van der Waals surface area contributed by atoms with Gasteiger partial charge in [0.2, 0.25) is 0 Å². The molecule has 0 fully saturated rings. The van der Waals surface area contributed by atoms with Crippen molar-refractivity contribution in [2.75, 3.05) is 0 Å². The first-order valence-corrected chi connectivity index (χ1v) is 12.4. The quantitative estimate of drug-likeness (QED) is 0.440. The number of aromatic hydroxyl groups is 2. The molecule has 0 saturated heterocycles. The molecule has 2 N–H and O–H groups in total. The largest absolute Gasteiger partial charge is 0.507 e. The fourth-order valence-electron chi connectivity index (χ4n) is 4.44. The van der Waals surface area contributed by atoms with Gasteiger partial charge in [-0.3, -0.25) is 0 Å². The second-order valence-electron chi connectivity index (χ2n) is 13.8. The minimum atomic E-state index is -0.216. The van der Waals surface area contributed by atoms with Crippen LogP contribution in [-0.2, 0) is 21.7 Å². The highest BCUT2D eigenvalue weighted by Gasteiger charge is 2.31. The summed E-state index contributed by atoms with van der Waals surface area (Å²) in [6.07, 6.45) is 0. The van der Waals surface area contributed by atoms with Crippen LogP contribution in [0.5, 0.6) is 11.5 Å². The van der Waals surface area contributed by atoms with Gasteiger partial charge in [-0.1, -0.05) is 89.0 Å². The molecule has 2 rings (SSSR count). The molecule has 0 unspecified atom stereocenters. The SMILES string of the molecule is CC#CC(c1cc(C(C)(C)C)c(O)c(C(C)(C)C)c1)c1cc(C(C)(C)C)c(O)c(C(C)(C)C)c1. The van der Waals surface area contributed by atoms with E-state index in [9.17, 15) is 10.2 Å². The predicted molar refractivity (Wildman–Crippen MR) is 146 cm³/mol. The fourth-order valence-corrected chi connectivity index (χ4v) is 4.44. The summed E-state index contributed by atoms with van der Waals surface area (Å²) in [7, 11) is 0. The summed E-state index contributed by atoms with van der Waals surface area (Å²) in [5, 5.41) is 22.5. The summed E-state index contributed by atoms with van der Waals surface area (Å²) in [4.78, 5) is 0. The van der Waals surface area contributed by atoms with Gasteiger partial charge >= 0.3 is 0 Å². The molecule has 0 amide bonds. The Morgan fingerprint density at radius 3 is 0.941 bits per heavy atom. The van der Waals surface area contributed by atoms with Crippen molar-refractivity contribution in [1.29, 1.82) is 0 Å². The van der Waals surface area contributed by atoms with Crippen LogP contribution in [-0.4, -0.2) is 10.2 Å². The Morgan fingerprint density at radius 2 is 0.765 bits per heavy atom. The third kappa shape index (κ3) is 5.80. The number of rotatable bonds is 2. The summed E-state index contributed by atoms with van der Waals surface area (Å²) >= 11 is 0. The highest BCUT2D eigenvalue weighted by molar-refractivity contribution is 5.57. The standard InChI is InChI=1S/C32H46O2/c1-14-15-22(20-16-23(29(2,3)4)27(33)24(17-20)30(5,6)7)21-18-25(31(8,9)10)28(34)26(19-21)32(11,12)13/h16-19,22,33-34H,1-13H3. The van der Waals surface area contributed by atoms with Gasteiger partial charge < -0.3 is 10.2 Å². The van der Waals surface area contributed by atoms with Crippen molar-refractivity contribution in [3.8, 4) is 23.3 Å². The number of hydrogen-bond donors (Lipinski definition) is 2. The monoisotopic (exact) mass is 462 g/mol. The van der Waals surface area contributed by atoms with E-state index in [0.717, 1.165) is 33.4 Å². The van der Waals surface area contributed by atoms with Crippen molar-refractivity contribution >= 4 is 0 Å². The Morgan fingerprint density at radius 1 is 0.529 bits per heavy atom. The molecule has 0 aliphatic rings. The summed E-state index contributed by atoms with van der Waals surface area (Å²) in [5.74, 6) is 7.19. The van der Waals surface area contributed by atoms with Gasteiger partial charge in [0.15, 0.2) is 0 Å². The summed E-state index contributed by atoms with van der Waals surface area (Å²) in [6, 6.07) is 8.50. The van der Waals surface area contributed by atoms with Crippen molar-refractivity contribution in [1.82, 2.24) is 0 Å². The van der Waals surface area contributed by atoms with E-state index in [4.69, 9.17) is 0 Å². The maximum absolute atomic E-state index is 11.2. The van der Waals surface area contributed by atoms with Gasteiger partial charge in [-0.25, -0.2) is 0 Å². The second-order valence-corrected chi connectivity index (χ2v) is 13.8. The van der Waals surface area contributed by atoms with Crippen molar-refractivity contribution in [2.24, 2.45) is 0 Å². The average Bonchev–Trinajstić information content (AvgIpc) is 2.63. The molecule has 186 valence electrons. The van der Waals surface area contributed by atoms with Crippen LogP contribution in [0, 0.1) is 11.8 Å². The Kier molecular flexibility index (Phi) is 7.36. The molecule has 34 heavy (non-hydrogen) atoms. The summed E-state index contributed by atoms with van der Waals surface area (Å²) < 4.78 is 0. The Labute approximate surface area is 208 Å². The van der Waals surface area contributed by atoms with Crippen LogP contribution in [0.3, 0.4) is 0 Å². The fraction of sp³-hybridized carbons (Fsp3) is 0.562. The first-order valence-electron chi connectivity index (χ1n) is 12.4. The van der Waals surface area contributed by atoms with Gasteiger partial charge in [0.25, 0.3) is 0 Å². The Bertz CT molecular complexity index is 960. The first-order chi connectivity index (χ1) is 15.2. The average molecular weight is 463 g/mol. The zero-order chi connectivity index (χ0) is 26.4. The minimum absolute atomic E-state index is 0.171. The van der Waals surface area contributed by atoms with Crippen LogP contribution in [0.25, 0.3) is 0 Å². The Hall–Kier alpha value is -2.40. The van der Waals surface area contributed by atoms with Gasteiger partial charge in [-0.2, -0.15) is 0 Å². The van der Waals surface area contributed by atoms with Crippen LogP contribution in [0.4, 0.5) is 0 Å². The molecule has 2 heteroatoms. The maximum atomic E-state index is 11.2. The van der Waals surface area contributed by atoms with E-state index >= 15 is 0 Å². The number of phenolic OH excluding ortho intramolecular Hbond substituents is 2. The molecular formula is C32H46O2. The predicted octanol–water partition coefficient (Wildman–Crippen LogP) is 8.44. The molecule has 0 heterocycles. The first kappa shape index (κ1) is 27.8. The molecule has 0 atom stereocenters. The molecule has 0 radical (unpaired) electrons. The summed E-state index contributed by atoms with van der Waals surface area (Å²) in [6.45, 7) is 27.5. The zero-order valence-corrected chi connectivity index (χ0v) is 23.8. The lowest BCUT2D eigenvalue weighted by Crippen LogP contribution is -2.20. The molecule has 2 aromatic rings. The van der Waals surface area contributed by atoms with Crippen LogP contribution < -0.4 is 0 Å².